The second kappa shape index (κ2) is 7.76. The molecule has 2 aromatic rings. The van der Waals surface area contributed by atoms with Crippen molar-refractivity contribution in [2.24, 2.45) is 5.41 Å². The Kier molecular flexibility index (Phi) is 5.42. The maximum absolute atomic E-state index is 13.2. The molecule has 1 aliphatic carbocycles. The average molecular weight is 436 g/mol. The van der Waals surface area contributed by atoms with Gasteiger partial charge in [-0.2, -0.15) is 13.2 Å². The molecule has 0 amide bonds. The highest BCUT2D eigenvalue weighted by Crippen LogP contribution is 2.46. The number of alkyl halides is 3. The zero-order valence-corrected chi connectivity index (χ0v) is 17.8. The van der Waals surface area contributed by atoms with Crippen LogP contribution in [0.1, 0.15) is 44.0 Å². The third-order valence-corrected chi connectivity index (χ3v) is 6.99. The molecule has 0 saturated carbocycles. The summed E-state index contributed by atoms with van der Waals surface area (Å²) in [6.45, 7) is 5.78. The molecule has 1 fully saturated rings. The molecule has 0 radical (unpaired) electrons. The number of anilines is 2. The number of pyridine rings is 1. The second-order valence-electron chi connectivity index (χ2n) is 8.19. The van der Waals surface area contributed by atoms with Gasteiger partial charge in [-0.3, -0.25) is 4.98 Å². The summed E-state index contributed by atoms with van der Waals surface area (Å²) in [5, 5.41) is 0.263. The number of nitrogens with two attached hydrogens (primary N) is 1. The molecule has 0 atom stereocenters. The molecule has 2 N–H and O–H groups in total. The van der Waals surface area contributed by atoms with E-state index >= 15 is 0 Å². The van der Waals surface area contributed by atoms with Crippen molar-refractivity contribution in [3.8, 4) is 0 Å². The number of aryl methyl sites for hydroxylation is 1. The van der Waals surface area contributed by atoms with Crippen LogP contribution in [-0.4, -0.2) is 28.0 Å². The Balaban J connectivity index is 1.53. The lowest BCUT2D eigenvalue weighted by molar-refractivity contribution is -0.143. The number of aromatic nitrogens is 3. The van der Waals surface area contributed by atoms with Crippen LogP contribution >= 0.6 is 11.8 Å². The molecule has 30 heavy (non-hydrogen) atoms. The van der Waals surface area contributed by atoms with Gasteiger partial charge in [0.15, 0.2) is 17.3 Å². The average Bonchev–Trinajstić information content (AvgIpc) is 3.05. The lowest BCUT2D eigenvalue weighted by Crippen LogP contribution is -2.40. The van der Waals surface area contributed by atoms with E-state index in [9.17, 15) is 13.2 Å². The zero-order chi connectivity index (χ0) is 21.5. The summed E-state index contributed by atoms with van der Waals surface area (Å²) in [6, 6.07) is 2.83. The van der Waals surface area contributed by atoms with Crippen LogP contribution in [0.4, 0.5) is 24.8 Å². The molecular weight excluding hydrogens is 411 g/mol. The van der Waals surface area contributed by atoms with Gasteiger partial charge in [-0.25, -0.2) is 9.97 Å². The Hall–Kier alpha value is -2.29. The van der Waals surface area contributed by atoms with E-state index in [0.717, 1.165) is 62.5 Å². The van der Waals surface area contributed by atoms with Gasteiger partial charge in [0.2, 0.25) is 0 Å². The molecule has 9 heteroatoms. The number of nitrogen functional groups attached to an aromatic ring is 1. The van der Waals surface area contributed by atoms with Crippen LogP contribution in [0.5, 0.6) is 0 Å². The number of hydrogen-bond donors (Lipinski definition) is 1. The van der Waals surface area contributed by atoms with Crippen molar-refractivity contribution in [1.82, 2.24) is 15.0 Å². The predicted molar refractivity (Wildman–Crippen MR) is 111 cm³/mol. The Morgan fingerprint density at radius 3 is 2.53 bits per heavy atom. The van der Waals surface area contributed by atoms with E-state index in [0.29, 0.717) is 11.1 Å². The van der Waals surface area contributed by atoms with Gasteiger partial charge in [0.05, 0.1) is 5.69 Å². The Labute approximate surface area is 178 Å². The van der Waals surface area contributed by atoms with E-state index in [2.05, 4.69) is 32.9 Å². The number of piperidine rings is 1. The lowest BCUT2D eigenvalue weighted by atomic mass is 9.76. The van der Waals surface area contributed by atoms with Crippen molar-refractivity contribution >= 4 is 23.4 Å². The van der Waals surface area contributed by atoms with Crippen molar-refractivity contribution in [1.29, 1.82) is 0 Å². The molecule has 0 bridgehead atoms. The summed E-state index contributed by atoms with van der Waals surface area (Å²) in [5.74, 6) is 0.854. The zero-order valence-electron chi connectivity index (χ0n) is 17.0. The predicted octanol–water partition coefficient (Wildman–Crippen LogP) is 5.26. The first-order valence-electron chi connectivity index (χ1n) is 9.92. The number of hydrogen-bond acceptors (Lipinski definition) is 6. The smallest absolute Gasteiger partial charge is 0.381 e. The molecule has 0 aromatic carbocycles. The molecule has 1 spiro atoms. The highest BCUT2D eigenvalue weighted by atomic mass is 32.2. The first-order valence-corrected chi connectivity index (χ1v) is 10.7. The standard InChI is InChI=1S/C21H24F3N5S/c1-13-5-6-20(12-13)7-10-29(11-8-20)18-14(2)27-19(17(25)28-18)30-15-4-3-9-26-16(15)21(22,23)24/h3-5,9H,6-8,10-12H2,1-2H3,(H2,25,28). The SMILES string of the molecule is CC1=CCC2(CCN(c3nc(N)c(Sc4cccnc4C(F)(F)F)nc3C)CC2)C1. The van der Waals surface area contributed by atoms with E-state index in [1.165, 1.54) is 17.7 Å². The first kappa shape index (κ1) is 21.0. The third-order valence-electron chi connectivity index (χ3n) is 5.95. The largest absolute Gasteiger partial charge is 0.434 e. The minimum atomic E-state index is -4.54. The van der Waals surface area contributed by atoms with Gasteiger partial charge >= 0.3 is 6.18 Å². The molecular formula is C21H24F3N5S. The summed E-state index contributed by atoms with van der Waals surface area (Å²) in [4.78, 5) is 14.6. The van der Waals surface area contributed by atoms with E-state index < -0.39 is 11.9 Å². The molecule has 1 aliphatic heterocycles. The fourth-order valence-electron chi connectivity index (χ4n) is 4.37. The van der Waals surface area contributed by atoms with E-state index in [1.807, 2.05) is 6.92 Å². The van der Waals surface area contributed by atoms with Crippen LogP contribution in [0.3, 0.4) is 0 Å². The van der Waals surface area contributed by atoms with Crippen molar-refractivity contribution in [3.05, 3.63) is 41.4 Å². The highest BCUT2D eigenvalue weighted by Gasteiger charge is 2.38. The Morgan fingerprint density at radius 1 is 1.17 bits per heavy atom. The van der Waals surface area contributed by atoms with Crippen molar-refractivity contribution in [3.63, 3.8) is 0 Å². The minimum Gasteiger partial charge on any atom is -0.381 e. The summed E-state index contributed by atoms with van der Waals surface area (Å²) in [5.41, 5.74) is 7.67. The first-order chi connectivity index (χ1) is 14.2. The summed E-state index contributed by atoms with van der Waals surface area (Å²) < 4.78 is 39.7. The van der Waals surface area contributed by atoms with Crippen LogP contribution in [0.2, 0.25) is 0 Å². The molecule has 2 aliphatic rings. The lowest BCUT2D eigenvalue weighted by Gasteiger charge is -2.40. The van der Waals surface area contributed by atoms with Gasteiger partial charge in [0.1, 0.15) is 5.03 Å². The minimum absolute atomic E-state index is 0.0397. The molecule has 5 nitrogen and oxygen atoms in total. The summed E-state index contributed by atoms with van der Waals surface area (Å²) in [6.07, 6.45) is 3.40. The summed E-state index contributed by atoms with van der Waals surface area (Å²) >= 11 is 0.846. The Bertz CT molecular complexity index is 981. The second-order valence-corrected chi connectivity index (χ2v) is 9.22. The molecule has 3 heterocycles. The van der Waals surface area contributed by atoms with E-state index in [4.69, 9.17) is 5.73 Å². The van der Waals surface area contributed by atoms with Gasteiger partial charge in [-0.15, -0.1) is 0 Å². The van der Waals surface area contributed by atoms with E-state index in [1.54, 1.807) is 0 Å². The van der Waals surface area contributed by atoms with Gasteiger partial charge in [-0.05, 0) is 57.1 Å². The monoisotopic (exact) mass is 435 g/mol. The van der Waals surface area contributed by atoms with E-state index in [-0.39, 0.29) is 15.7 Å². The molecule has 0 unspecified atom stereocenters. The van der Waals surface area contributed by atoms with Gasteiger partial charge < -0.3 is 10.6 Å². The Morgan fingerprint density at radius 2 is 1.90 bits per heavy atom. The molecule has 4 rings (SSSR count). The molecule has 2 aromatic heterocycles. The number of allylic oxidation sites excluding steroid dienone is 2. The van der Waals surface area contributed by atoms with Crippen molar-refractivity contribution < 1.29 is 13.2 Å². The number of rotatable bonds is 3. The quantitative estimate of drug-likeness (QED) is 0.664. The van der Waals surface area contributed by atoms with Crippen LogP contribution < -0.4 is 10.6 Å². The number of nitrogens with zero attached hydrogens (tertiary/aromatic N) is 4. The van der Waals surface area contributed by atoms with Crippen LogP contribution in [0.15, 0.2) is 39.9 Å². The number of halogens is 3. The normalized spacial score (nSPS) is 18.7. The molecule has 160 valence electrons. The van der Waals surface area contributed by atoms with Crippen LogP contribution in [0.25, 0.3) is 0 Å². The third kappa shape index (κ3) is 4.12. The van der Waals surface area contributed by atoms with Crippen molar-refractivity contribution in [2.45, 2.75) is 55.6 Å². The maximum atomic E-state index is 13.2. The fourth-order valence-corrected chi connectivity index (χ4v) is 5.32. The van der Waals surface area contributed by atoms with Crippen molar-refractivity contribution in [2.75, 3.05) is 23.7 Å². The van der Waals surface area contributed by atoms with Gasteiger partial charge in [0, 0.05) is 24.2 Å². The fraction of sp³-hybridized carbons (Fsp3) is 0.476. The van der Waals surface area contributed by atoms with Gasteiger partial charge in [-0.1, -0.05) is 23.4 Å². The maximum Gasteiger partial charge on any atom is 0.434 e. The molecule has 1 saturated heterocycles. The summed E-state index contributed by atoms with van der Waals surface area (Å²) in [7, 11) is 0. The highest BCUT2D eigenvalue weighted by molar-refractivity contribution is 7.99. The topological polar surface area (TPSA) is 67.9 Å². The van der Waals surface area contributed by atoms with Crippen LogP contribution in [0, 0.1) is 12.3 Å². The van der Waals surface area contributed by atoms with Crippen LogP contribution in [-0.2, 0) is 6.18 Å². The van der Waals surface area contributed by atoms with Gasteiger partial charge in [0.25, 0.3) is 0 Å².